The SMILES string of the molecule is O=C(NCC1(O)CCC1)c1c[nH]ccc1=O. The number of nitrogens with one attached hydrogen (secondary N) is 2. The van der Waals surface area contributed by atoms with Gasteiger partial charge in [0.05, 0.1) is 5.60 Å². The second kappa shape index (κ2) is 4.09. The average Bonchev–Trinajstić information content (AvgIpc) is 2.24. The fraction of sp³-hybridized carbons (Fsp3) is 0.455. The lowest BCUT2D eigenvalue weighted by molar-refractivity contribution is -0.0300. The average molecular weight is 222 g/mol. The zero-order valence-corrected chi connectivity index (χ0v) is 8.82. The van der Waals surface area contributed by atoms with Gasteiger partial charge in [0.2, 0.25) is 0 Å². The first-order chi connectivity index (χ1) is 7.61. The van der Waals surface area contributed by atoms with Gasteiger partial charge in [-0.15, -0.1) is 0 Å². The summed E-state index contributed by atoms with van der Waals surface area (Å²) >= 11 is 0. The van der Waals surface area contributed by atoms with E-state index in [9.17, 15) is 14.7 Å². The number of rotatable bonds is 3. The zero-order valence-electron chi connectivity index (χ0n) is 8.82. The first kappa shape index (κ1) is 10.9. The maximum atomic E-state index is 11.6. The van der Waals surface area contributed by atoms with Crippen molar-refractivity contribution in [2.75, 3.05) is 6.54 Å². The van der Waals surface area contributed by atoms with E-state index in [0.29, 0.717) is 12.8 Å². The minimum Gasteiger partial charge on any atom is -0.388 e. The van der Waals surface area contributed by atoms with Crippen LogP contribution in [0.2, 0.25) is 0 Å². The van der Waals surface area contributed by atoms with E-state index in [-0.39, 0.29) is 17.5 Å². The molecule has 5 nitrogen and oxygen atoms in total. The molecule has 0 saturated heterocycles. The molecule has 0 spiro atoms. The quantitative estimate of drug-likeness (QED) is 0.674. The van der Waals surface area contributed by atoms with Crippen molar-refractivity contribution in [3.05, 3.63) is 34.2 Å². The van der Waals surface area contributed by atoms with Crippen molar-refractivity contribution in [1.29, 1.82) is 0 Å². The highest BCUT2D eigenvalue weighted by atomic mass is 16.3. The molecule has 1 saturated carbocycles. The predicted octanol–water partition coefficient (Wildman–Crippen LogP) is 0.0197. The summed E-state index contributed by atoms with van der Waals surface area (Å²) in [4.78, 5) is 25.6. The minimum absolute atomic E-state index is 0.0745. The number of hydrogen-bond donors (Lipinski definition) is 3. The molecule has 86 valence electrons. The highest BCUT2D eigenvalue weighted by Gasteiger charge is 2.34. The first-order valence-corrected chi connectivity index (χ1v) is 5.28. The Hall–Kier alpha value is -1.62. The third kappa shape index (κ3) is 2.14. The third-order valence-corrected chi connectivity index (χ3v) is 2.93. The molecule has 0 bridgehead atoms. The zero-order chi connectivity index (χ0) is 11.6. The lowest BCUT2D eigenvalue weighted by Gasteiger charge is -2.36. The first-order valence-electron chi connectivity index (χ1n) is 5.28. The summed E-state index contributed by atoms with van der Waals surface area (Å²) in [6.07, 6.45) is 5.23. The van der Waals surface area contributed by atoms with E-state index >= 15 is 0 Å². The Morgan fingerprint density at radius 1 is 1.56 bits per heavy atom. The second-order valence-corrected chi connectivity index (χ2v) is 4.18. The second-order valence-electron chi connectivity index (χ2n) is 4.18. The number of hydrogen-bond acceptors (Lipinski definition) is 3. The molecule has 1 aliphatic rings. The molecule has 1 aliphatic carbocycles. The molecule has 2 rings (SSSR count). The van der Waals surface area contributed by atoms with Crippen LogP contribution in [0.3, 0.4) is 0 Å². The number of H-pyrrole nitrogens is 1. The standard InChI is InChI=1S/C11H14N2O3/c14-9-2-5-12-6-8(9)10(15)13-7-11(16)3-1-4-11/h2,5-6,16H,1,3-4,7H2,(H,12,14)(H,13,15). The highest BCUT2D eigenvalue weighted by molar-refractivity contribution is 5.93. The van der Waals surface area contributed by atoms with Crippen molar-refractivity contribution < 1.29 is 9.90 Å². The van der Waals surface area contributed by atoms with Crippen molar-refractivity contribution in [1.82, 2.24) is 10.3 Å². The van der Waals surface area contributed by atoms with Gasteiger partial charge >= 0.3 is 0 Å². The molecule has 0 unspecified atom stereocenters. The van der Waals surface area contributed by atoms with Gasteiger partial charge in [-0.25, -0.2) is 0 Å². The number of aromatic nitrogens is 1. The van der Waals surface area contributed by atoms with E-state index in [2.05, 4.69) is 10.3 Å². The van der Waals surface area contributed by atoms with Crippen LogP contribution < -0.4 is 10.7 Å². The largest absolute Gasteiger partial charge is 0.388 e. The van der Waals surface area contributed by atoms with Crippen LogP contribution in [0.1, 0.15) is 29.6 Å². The highest BCUT2D eigenvalue weighted by Crippen LogP contribution is 2.30. The summed E-state index contributed by atoms with van der Waals surface area (Å²) in [5, 5.41) is 12.3. The fourth-order valence-electron chi connectivity index (χ4n) is 1.70. The molecule has 0 aliphatic heterocycles. The van der Waals surface area contributed by atoms with Crippen LogP contribution >= 0.6 is 0 Å². The smallest absolute Gasteiger partial charge is 0.256 e. The van der Waals surface area contributed by atoms with Gasteiger partial charge in [-0.2, -0.15) is 0 Å². The molecule has 3 N–H and O–H groups in total. The Balaban J connectivity index is 1.98. The van der Waals surface area contributed by atoms with Crippen molar-refractivity contribution in [2.24, 2.45) is 0 Å². The lowest BCUT2D eigenvalue weighted by atomic mass is 9.80. The Morgan fingerprint density at radius 2 is 2.31 bits per heavy atom. The van der Waals surface area contributed by atoms with Crippen molar-refractivity contribution in [3.8, 4) is 0 Å². The monoisotopic (exact) mass is 222 g/mol. The Bertz CT molecular complexity index is 449. The van der Waals surface area contributed by atoms with Gasteiger partial charge in [-0.3, -0.25) is 9.59 Å². The Kier molecular flexibility index (Phi) is 2.78. The van der Waals surface area contributed by atoms with E-state index < -0.39 is 11.5 Å². The van der Waals surface area contributed by atoms with E-state index in [1.54, 1.807) is 0 Å². The molecule has 16 heavy (non-hydrogen) atoms. The predicted molar refractivity (Wildman–Crippen MR) is 58.2 cm³/mol. The normalized spacial score (nSPS) is 17.6. The number of aromatic amines is 1. The molecule has 1 heterocycles. The molecule has 1 aromatic rings. The van der Waals surface area contributed by atoms with Crippen LogP contribution in [0, 0.1) is 0 Å². The van der Waals surface area contributed by atoms with Gasteiger partial charge in [0, 0.05) is 25.0 Å². The number of aliphatic hydroxyl groups is 1. The van der Waals surface area contributed by atoms with Gasteiger partial charge < -0.3 is 15.4 Å². The molecular weight excluding hydrogens is 208 g/mol. The van der Waals surface area contributed by atoms with Crippen LogP contribution in [-0.4, -0.2) is 28.1 Å². The number of amides is 1. The van der Waals surface area contributed by atoms with E-state index in [1.807, 2.05) is 0 Å². The van der Waals surface area contributed by atoms with Crippen LogP contribution in [0.25, 0.3) is 0 Å². The molecule has 1 aromatic heterocycles. The summed E-state index contributed by atoms with van der Waals surface area (Å²) < 4.78 is 0. The molecular formula is C11H14N2O3. The van der Waals surface area contributed by atoms with Crippen LogP contribution in [-0.2, 0) is 0 Å². The van der Waals surface area contributed by atoms with E-state index in [1.165, 1.54) is 18.5 Å². The van der Waals surface area contributed by atoms with Crippen LogP contribution in [0.15, 0.2) is 23.3 Å². The maximum absolute atomic E-state index is 11.6. The van der Waals surface area contributed by atoms with E-state index in [4.69, 9.17) is 0 Å². The molecule has 1 fully saturated rings. The maximum Gasteiger partial charge on any atom is 0.256 e. The molecule has 0 atom stereocenters. The number of carbonyl (C=O) groups is 1. The molecule has 5 heteroatoms. The lowest BCUT2D eigenvalue weighted by Crippen LogP contribution is -2.48. The number of carbonyl (C=O) groups excluding carboxylic acids is 1. The summed E-state index contributed by atoms with van der Waals surface area (Å²) in [7, 11) is 0. The summed E-state index contributed by atoms with van der Waals surface area (Å²) in [6, 6.07) is 1.30. The van der Waals surface area contributed by atoms with Crippen LogP contribution in [0.4, 0.5) is 0 Å². The summed E-state index contributed by atoms with van der Waals surface area (Å²) in [6.45, 7) is 0.208. The minimum atomic E-state index is -0.767. The van der Waals surface area contributed by atoms with Crippen LogP contribution in [0.5, 0.6) is 0 Å². The topological polar surface area (TPSA) is 82.2 Å². The fourth-order valence-corrected chi connectivity index (χ4v) is 1.70. The van der Waals surface area contributed by atoms with Gasteiger partial charge in [-0.1, -0.05) is 0 Å². The molecule has 0 aromatic carbocycles. The van der Waals surface area contributed by atoms with Crippen molar-refractivity contribution in [3.63, 3.8) is 0 Å². The van der Waals surface area contributed by atoms with Crippen molar-refractivity contribution >= 4 is 5.91 Å². The Morgan fingerprint density at radius 3 is 2.88 bits per heavy atom. The third-order valence-electron chi connectivity index (χ3n) is 2.93. The summed E-state index contributed by atoms with van der Waals surface area (Å²) in [5.74, 6) is -0.442. The molecule has 1 amide bonds. The summed E-state index contributed by atoms with van der Waals surface area (Å²) in [5.41, 5.74) is -1.01. The number of pyridine rings is 1. The van der Waals surface area contributed by atoms with Gasteiger partial charge in [-0.05, 0) is 19.3 Å². The van der Waals surface area contributed by atoms with Gasteiger partial charge in [0.1, 0.15) is 5.56 Å². The van der Waals surface area contributed by atoms with Gasteiger partial charge in [0.25, 0.3) is 5.91 Å². The van der Waals surface area contributed by atoms with E-state index in [0.717, 1.165) is 6.42 Å². The molecule has 0 radical (unpaired) electrons. The van der Waals surface area contributed by atoms with Gasteiger partial charge in [0.15, 0.2) is 5.43 Å². The Labute approximate surface area is 92.5 Å². The van der Waals surface area contributed by atoms with Crippen molar-refractivity contribution in [2.45, 2.75) is 24.9 Å².